The number of nitrogens with one attached hydrogen (secondary N) is 2. The summed E-state index contributed by atoms with van der Waals surface area (Å²) in [5, 5.41) is 2.62. The lowest BCUT2D eigenvalue weighted by Crippen LogP contribution is -2.30. The van der Waals surface area contributed by atoms with Gasteiger partial charge in [0.25, 0.3) is 5.56 Å². The zero-order valence-electron chi connectivity index (χ0n) is 13.6. The van der Waals surface area contributed by atoms with Crippen molar-refractivity contribution in [2.75, 3.05) is 17.3 Å². The number of nitrogen functional groups attached to an aromatic ring is 1. The maximum absolute atomic E-state index is 12.7. The van der Waals surface area contributed by atoms with E-state index in [1.807, 2.05) is 0 Å². The maximum Gasteiger partial charge on any atom is 0.417 e. The first-order valence-corrected chi connectivity index (χ1v) is 7.98. The molecular weight excluding hydrogens is 387 g/mol. The minimum absolute atomic E-state index is 0.0545. The van der Waals surface area contributed by atoms with Gasteiger partial charge in [0.2, 0.25) is 5.82 Å². The quantitative estimate of drug-likeness (QED) is 0.445. The molecule has 0 saturated carbocycles. The highest BCUT2D eigenvalue weighted by molar-refractivity contribution is 6.32. The SMILES string of the molecule is NNc1nc2cccnc2n(CCNc2ncc(C(F)(F)F)cc2Cl)c1=O. The molecule has 3 aromatic rings. The Kier molecular flexibility index (Phi) is 5.15. The fourth-order valence-corrected chi connectivity index (χ4v) is 2.62. The van der Waals surface area contributed by atoms with Crippen LogP contribution in [0, 0.1) is 0 Å². The van der Waals surface area contributed by atoms with Gasteiger partial charge >= 0.3 is 6.18 Å². The number of hydrogen-bond acceptors (Lipinski definition) is 7. The van der Waals surface area contributed by atoms with Gasteiger partial charge in [-0.1, -0.05) is 11.6 Å². The van der Waals surface area contributed by atoms with Crippen LogP contribution in [0.3, 0.4) is 0 Å². The zero-order chi connectivity index (χ0) is 19.6. The van der Waals surface area contributed by atoms with Crippen LogP contribution >= 0.6 is 11.6 Å². The first-order chi connectivity index (χ1) is 12.8. The molecule has 0 aliphatic heterocycles. The van der Waals surface area contributed by atoms with Crippen molar-refractivity contribution < 1.29 is 13.2 Å². The first-order valence-electron chi connectivity index (χ1n) is 7.60. The smallest absolute Gasteiger partial charge is 0.367 e. The van der Waals surface area contributed by atoms with Crippen LogP contribution in [0.15, 0.2) is 35.4 Å². The van der Waals surface area contributed by atoms with Crippen LogP contribution in [0.25, 0.3) is 11.2 Å². The van der Waals surface area contributed by atoms with E-state index in [-0.39, 0.29) is 29.7 Å². The molecule has 0 unspecified atom stereocenters. The van der Waals surface area contributed by atoms with Crippen molar-refractivity contribution in [1.82, 2.24) is 19.5 Å². The third-order valence-electron chi connectivity index (χ3n) is 3.63. The highest BCUT2D eigenvalue weighted by atomic mass is 35.5. The summed E-state index contributed by atoms with van der Waals surface area (Å²) in [5.74, 6) is 5.33. The van der Waals surface area contributed by atoms with Crippen LogP contribution in [0.5, 0.6) is 0 Å². The number of hydrazine groups is 1. The van der Waals surface area contributed by atoms with Gasteiger partial charge in [-0.3, -0.25) is 9.36 Å². The average Bonchev–Trinajstić information content (AvgIpc) is 2.63. The number of halogens is 4. The molecule has 3 heterocycles. The van der Waals surface area contributed by atoms with Gasteiger partial charge in [-0.2, -0.15) is 13.2 Å². The largest absolute Gasteiger partial charge is 0.417 e. The molecule has 27 heavy (non-hydrogen) atoms. The minimum atomic E-state index is -4.53. The van der Waals surface area contributed by atoms with E-state index in [9.17, 15) is 18.0 Å². The van der Waals surface area contributed by atoms with Crippen LogP contribution < -0.4 is 22.1 Å². The van der Waals surface area contributed by atoms with Crippen LogP contribution in [0.2, 0.25) is 5.02 Å². The van der Waals surface area contributed by atoms with E-state index >= 15 is 0 Å². The summed E-state index contributed by atoms with van der Waals surface area (Å²) >= 11 is 5.85. The van der Waals surface area contributed by atoms with Gasteiger partial charge in [-0.25, -0.2) is 20.8 Å². The average molecular weight is 400 g/mol. The number of alkyl halides is 3. The second kappa shape index (κ2) is 7.37. The van der Waals surface area contributed by atoms with Gasteiger partial charge in [-0.15, -0.1) is 0 Å². The summed E-state index contributed by atoms with van der Waals surface area (Å²) in [6.07, 6.45) is -2.34. The lowest BCUT2D eigenvalue weighted by molar-refractivity contribution is -0.137. The van der Waals surface area contributed by atoms with Crippen molar-refractivity contribution >= 4 is 34.4 Å². The highest BCUT2D eigenvalue weighted by Crippen LogP contribution is 2.32. The fourth-order valence-electron chi connectivity index (χ4n) is 2.39. The third-order valence-corrected chi connectivity index (χ3v) is 3.92. The summed E-state index contributed by atoms with van der Waals surface area (Å²) in [4.78, 5) is 24.3. The Balaban J connectivity index is 1.82. The van der Waals surface area contributed by atoms with E-state index in [1.54, 1.807) is 12.1 Å². The van der Waals surface area contributed by atoms with Gasteiger partial charge in [-0.05, 0) is 18.2 Å². The van der Waals surface area contributed by atoms with Crippen LogP contribution in [0.1, 0.15) is 5.56 Å². The highest BCUT2D eigenvalue weighted by Gasteiger charge is 2.31. The molecule has 142 valence electrons. The predicted octanol–water partition coefficient (Wildman–Crippen LogP) is 2.26. The molecule has 0 aliphatic carbocycles. The molecular formula is C15H13ClF3N7O. The zero-order valence-corrected chi connectivity index (χ0v) is 14.3. The van der Waals surface area contributed by atoms with E-state index in [0.717, 1.165) is 6.07 Å². The second-order valence-corrected chi connectivity index (χ2v) is 5.79. The van der Waals surface area contributed by atoms with Crippen molar-refractivity contribution in [2.45, 2.75) is 12.7 Å². The number of aromatic nitrogens is 4. The predicted molar refractivity (Wildman–Crippen MR) is 94.3 cm³/mol. The van der Waals surface area contributed by atoms with E-state index in [2.05, 4.69) is 25.7 Å². The number of pyridine rings is 2. The second-order valence-electron chi connectivity index (χ2n) is 5.39. The molecule has 0 radical (unpaired) electrons. The summed E-state index contributed by atoms with van der Waals surface area (Å²) in [6, 6.07) is 4.11. The lowest BCUT2D eigenvalue weighted by Gasteiger charge is -2.13. The third kappa shape index (κ3) is 3.93. The summed E-state index contributed by atoms with van der Waals surface area (Å²) in [5.41, 5.74) is 1.59. The Hall–Kier alpha value is -2.92. The van der Waals surface area contributed by atoms with Crippen LogP contribution in [-0.2, 0) is 12.7 Å². The fraction of sp³-hybridized carbons (Fsp3) is 0.200. The van der Waals surface area contributed by atoms with Gasteiger partial charge in [0.15, 0.2) is 5.65 Å². The number of anilines is 2. The molecule has 0 fully saturated rings. The Bertz CT molecular complexity index is 1040. The molecule has 0 aromatic carbocycles. The minimum Gasteiger partial charge on any atom is -0.367 e. The van der Waals surface area contributed by atoms with Gasteiger partial charge in [0.05, 0.1) is 10.6 Å². The standard InChI is InChI=1S/C15H13ClF3N7O/c16-9-6-8(15(17,18)19)7-23-11(9)21-4-5-26-13-10(2-1-3-22-13)24-12(25-20)14(26)27/h1-3,6-7H,4-5,20H2,(H,21,23)(H,24,25). The first kappa shape index (κ1) is 18.9. The number of hydrogen-bond donors (Lipinski definition) is 3. The molecule has 3 rings (SSSR count). The molecule has 0 bridgehead atoms. The van der Waals surface area contributed by atoms with Gasteiger partial charge in [0, 0.05) is 25.5 Å². The van der Waals surface area contributed by atoms with Crippen LogP contribution in [-0.4, -0.2) is 26.1 Å². The summed E-state index contributed by atoms with van der Waals surface area (Å²) in [6.45, 7) is 0.278. The number of nitrogens with two attached hydrogens (primary N) is 1. The Morgan fingerprint density at radius 1 is 1.26 bits per heavy atom. The Morgan fingerprint density at radius 2 is 2.04 bits per heavy atom. The Morgan fingerprint density at radius 3 is 2.70 bits per heavy atom. The van der Waals surface area contributed by atoms with Crippen molar-refractivity contribution in [2.24, 2.45) is 5.84 Å². The molecule has 8 nitrogen and oxygen atoms in total. The van der Waals surface area contributed by atoms with E-state index < -0.39 is 17.3 Å². The molecule has 4 N–H and O–H groups in total. The molecule has 12 heteroatoms. The molecule has 0 saturated heterocycles. The molecule has 0 aliphatic rings. The molecule has 3 aromatic heterocycles. The van der Waals surface area contributed by atoms with Crippen LogP contribution in [0.4, 0.5) is 24.8 Å². The number of nitrogens with zero attached hydrogens (tertiary/aromatic N) is 4. The summed E-state index contributed by atoms with van der Waals surface area (Å²) < 4.78 is 39.3. The van der Waals surface area contributed by atoms with E-state index in [1.165, 1.54) is 10.8 Å². The monoisotopic (exact) mass is 399 g/mol. The molecule has 0 atom stereocenters. The van der Waals surface area contributed by atoms with Crippen molar-refractivity contribution in [3.8, 4) is 0 Å². The molecule has 0 spiro atoms. The van der Waals surface area contributed by atoms with Gasteiger partial charge in [0.1, 0.15) is 11.3 Å². The lowest BCUT2D eigenvalue weighted by atomic mass is 10.3. The maximum atomic E-state index is 12.7. The van der Waals surface area contributed by atoms with Gasteiger partial charge < -0.3 is 10.7 Å². The van der Waals surface area contributed by atoms with Crippen molar-refractivity contribution in [1.29, 1.82) is 0 Å². The van der Waals surface area contributed by atoms with Crippen molar-refractivity contribution in [3.05, 3.63) is 51.5 Å². The summed E-state index contributed by atoms with van der Waals surface area (Å²) in [7, 11) is 0. The number of rotatable bonds is 5. The molecule has 0 amide bonds. The topological polar surface area (TPSA) is 111 Å². The van der Waals surface area contributed by atoms with E-state index in [4.69, 9.17) is 17.4 Å². The Labute approximate surface area is 155 Å². The number of fused-ring (bicyclic) bond motifs is 1. The van der Waals surface area contributed by atoms with E-state index in [0.29, 0.717) is 17.4 Å². The van der Waals surface area contributed by atoms with Crippen molar-refractivity contribution in [3.63, 3.8) is 0 Å². The normalized spacial score (nSPS) is 11.6.